The van der Waals surface area contributed by atoms with Crippen LogP contribution >= 0.6 is 11.6 Å². The molecule has 0 aliphatic heterocycles. The van der Waals surface area contributed by atoms with Gasteiger partial charge < -0.3 is 0 Å². The zero-order chi connectivity index (χ0) is 11.4. The number of nitriles is 1. The van der Waals surface area contributed by atoms with Crippen LogP contribution in [0, 0.1) is 11.3 Å². The maximum absolute atomic E-state index is 8.46. The lowest BCUT2D eigenvalue weighted by molar-refractivity contribution is 1.34. The molecule has 0 atom stereocenters. The quantitative estimate of drug-likeness (QED) is 0.733. The van der Waals surface area contributed by atoms with E-state index in [1.54, 1.807) is 6.20 Å². The number of halogens is 1. The highest BCUT2D eigenvalue weighted by Gasteiger charge is 2.02. The van der Waals surface area contributed by atoms with E-state index >= 15 is 0 Å². The van der Waals surface area contributed by atoms with Crippen molar-refractivity contribution in [2.45, 2.75) is 6.42 Å². The lowest BCUT2D eigenvalue weighted by Crippen LogP contribution is -1.83. The van der Waals surface area contributed by atoms with E-state index in [1.165, 1.54) is 0 Å². The van der Waals surface area contributed by atoms with Gasteiger partial charge in [0.1, 0.15) is 5.15 Å². The van der Waals surface area contributed by atoms with E-state index in [1.807, 2.05) is 36.4 Å². The fourth-order valence-electron chi connectivity index (χ4n) is 1.55. The maximum Gasteiger partial charge on any atom is 0.136 e. The molecular formula is C13H9ClN2. The van der Waals surface area contributed by atoms with Crippen molar-refractivity contribution < 1.29 is 0 Å². The summed E-state index contributed by atoms with van der Waals surface area (Å²) in [4.78, 5) is 4.12. The van der Waals surface area contributed by atoms with Crippen molar-refractivity contribution in [2.75, 3.05) is 0 Å². The SMILES string of the molecule is N#CCC=Cc1cnc(Cl)c2ccccc12. The molecule has 0 unspecified atom stereocenters. The van der Waals surface area contributed by atoms with Gasteiger partial charge in [0, 0.05) is 17.1 Å². The number of rotatable bonds is 2. The normalized spacial score (nSPS) is 10.8. The summed E-state index contributed by atoms with van der Waals surface area (Å²) >= 11 is 6.00. The van der Waals surface area contributed by atoms with Gasteiger partial charge in [0.25, 0.3) is 0 Å². The molecule has 78 valence electrons. The minimum absolute atomic E-state index is 0.400. The molecule has 0 aliphatic rings. The Kier molecular flexibility index (Phi) is 3.19. The second-order valence-electron chi connectivity index (χ2n) is 3.31. The molecule has 0 aliphatic carbocycles. The largest absolute Gasteiger partial charge is 0.243 e. The predicted molar refractivity (Wildman–Crippen MR) is 66.0 cm³/mol. The number of benzene rings is 1. The van der Waals surface area contributed by atoms with Crippen LogP contribution in [0.5, 0.6) is 0 Å². The molecule has 3 heteroatoms. The molecule has 0 N–H and O–H groups in total. The highest BCUT2D eigenvalue weighted by atomic mass is 35.5. The third-order valence-corrected chi connectivity index (χ3v) is 2.59. The molecular weight excluding hydrogens is 220 g/mol. The Balaban J connectivity index is 2.55. The van der Waals surface area contributed by atoms with E-state index in [2.05, 4.69) is 11.1 Å². The summed E-state index contributed by atoms with van der Waals surface area (Å²) in [6.45, 7) is 0. The Morgan fingerprint density at radius 2 is 2.06 bits per heavy atom. The summed E-state index contributed by atoms with van der Waals surface area (Å²) in [6.07, 6.45) is 5.84. The first-order valence-electron chi connectivity index (χ1n) is 4.89. The Hall–Kier alpha value is -1.85. The summed E-state index contributed by atoms with van der Waals surface area (Å²) in [5, 5.41) is 11.0. The molecule has 1 heterocycles. The minimum Gasteiger partial charge on any atom is -0.243 e. The molecule has 0 bridgehead atoms. The molecule has 2 aromatic rings. The van der Waals surface area contributed by atoms with Crippen LogP contribution in [0.3, 0.4) is 0 Å². The number of hydrogen-bond acceptors (Lipinski definition) is 2. The van der Waals surface area contributed by atoms with Crippen LogP contribution < -0.4 is 0 Å². The van der Waals surface area contributed by atoms with Crippen molar-refractivity contribution in [3.8, 4) is 6.07 Å². The second-order valence-corrected chi connectivity index (χ2v) is 3.67. The molecule has 2 rings (SSSR count). The standard InChI is InChI=1S/C13H9ClN2/c14-13-12-7-2-1-6-11(12)10(9-16-13)5-3-4-8-15/h1-3,5-7,9H,4H2. The number of allylic oxidation sites excluding steroid dienone is 1. The van der Waals surface area contributed by atoms with E-state index in [-0.39, 0.29) is 0 Å². The fourth-order valence-corrected chi connectivity index (χ4v) is 1.77. The van der Waals surface area contributed by atoms with Crippen molar-refractivity contribution in [3.05, 3.63) is 47.3 Å². The Bertz CT molecular complexity index is 582. The third-order valence-electron chi connectivity index (χ3n) is 2.28. The van der Waals surface area contributed by atoms with Crippen molar-refractivity contribution >= 4 is 28.4 Å². The molecule has 16 heavy (non-hydrogen) atoms. The van der Waals surface area contributed by atoms with Gasteiger partial charge >= 0.3 is 0 Å². The van der Waals surface area contributed by atoms with Gasteiger partial charge in [-0.3, -0.25) is 0 Å². The lowest BCUT2D eigenvalue weighted by atomic mass is 10.1. The summed E-state index contributed by atoms with van der Waals surface area (Å²) in [5.41, 5.74) is 0.982. The van der Waals surface area contributed by atoms with Crippen molar-refractivity contribution in [2.24, 2.45) is 0 Å². The van der Waals surface area contributed by atoms with Crippen LogP contribution in [-0.4, -0.2) is 4.98 Å². The molecule has 0 saturated carbocycles. The molecule has 0 fully saturated rings. The summed E-state index contributed by atoms with van der Waals surface area (Å²) < 4.78 is 0. The van der Waals surface area contributed by atoms with Crippen LogP contribution in [0.25, 0.3) is 16.8 Å². The third kappa shape index (κ3) is 2.05. The van der Waals surface area contributed by atoms with Crippen molar-refractivity contribution in [1.29, 1.82) is 5.26 Å². The first kappa shape index (κ1) is 10.7. The van der Waals surface area contributed by atoms with Crippen LogP contribution in [-0.2, 0) is 0 Å². The molecule has 2 nitrogen and oxygen atoms in total. The first-order valence-corrected chi connectivity index (χ1v) is 5.27. The summed E-state index contributed by atoms with van der Waals surface area (Å²) in [5.74, 6) is 0. The monoisotopic (exact) mass is 228 g/mol. The Morgan fingerprint density at radius 3 is 2.81 bits per heavy atom. The lowest BCUT2D eigenvalue weighted by Gasteiger charge is -2.02. The van der Waals surface area contributed by atoms with E-state index in [0.29, 0.717) is 11.6 Å². The number of hydrogen-bond donors (Lipinski definition) is 0. The second kappa shape index (κ2) is 4.78. The molecule has 1 aromatic heterocycles. The summed E-state index contributed by atoms with van der Waals surface area (Å²) in [6, 6.07) is 9.88. The van der Waals surface area contributed by atoms with Gasteiger partial charge in [0.05, 0.1) is 12.5 Å². The number of nitrogens with zero attached hydrogens (tertiary/aromatic N) is 2. The van der Waals surface area contributed by atoms with Gasteiger partial charge in [-0.25, -0.2) is 4.98 Å². The molecule has 0 saturated heterocycles. The number of pyridine rings is 1. The molecule has 0 spiro atoms. The van der Waals surface area contributed by atoms with E-state index in [0.717, 1.165) is 16.3 Å². The predicted octanol–water partition coefficient (Wildman–Crippen LogP) is 3.82. The highest BCUT2D eigenvalue weighted by molar-refractivity contribution is 6.34. The molecule has 1 aromatic carbocycles. The van der Waals surface area contributed by atoms with E-state index in [9.17, 15) is 0 Å². The van der Waals surface area contributed by atoms with Gasteiger partial charge in [-0.1, -0.05) is 48.0 Å². The molecule has 0 amide bonds. The van der Waals surface area contributed by atoms with E-state index < -0.39 is 0 Å². The minimum atomic E-state index is 0.400. The number of aromatic nitrogens is 1. The zero-order valence-corrected chi connectivity index (χ0v) is 9.28. The van der Waals surface area contributed by atoms with Crippen LogP contribution in [0.4, 0.5) is 0 Å². The number of fused-ring (bicyclic) bond motifs is 1. The Morgan fingerprint density at radius 1 is 1.31 bits per heavy atom. The van der Waals surface area contributed by atoms with Crippen LogP contribution in [0.2, 0.25) is 5.15 Å². The van der Waals surface area contributed by atoms with Crippen LogP contribution in [0.1, 0.15) is 12.0 Å². The van der Waals surface area contributed by atoms with Gasteiger partial charge in [-0.15, -0.1) is 0 Å². The maximum atomic E-state index is 8.46. The summed E-state index contributed by atoms with van der Waals surface area (Å²) in [7, 11) is 0. The van der Waals surface area contributed by atoms with Gasteiger partial charge in [0.2, 0.25) is 0 Å². The average Bonchev–Trinajstić information content (AvgIpc) is 2.33. The highest BCUT2D eigenvalue weighted by Crippen LogP contribution is 2.24. The van der Waals surface area contributed by atoms with Crippen molar-refractivity contribution in [3.63, 3.8) is 0 Å². The van der Waals surface area contributed by atoms with Gasteiger partial charge in [0.15, 0.2) is 0 Å². The topological polar surface area (TPSA) is 36.7 Å². The smallest absolute Gasteiger partial charge is 0.136 e. The average molecular weight is 229 g/mol. The molecule has 0 radical (unpaired) electrons. The van der Waals surface area contributed by atoms with Crippen LogP contribution in [0.15, 0.2) is 36.5 Å². The fraction of sp³-hybridized carbons (Fsp3) is 0.0769. The van der Waals surface area contributed by atoms with E-state index in [4.69, 9.17) is 16.9 Å². The van der Waals surface area contributed by atoms with Gasteiger partial charge in [-0.05, 0) is 5.39 Å². The van der Waals surface area contributed by atoms with Gasteiger partial charge in [-0.2, -0.15) is 5.26 Å². The Labute approximate surface area is 98.8 Å². The zero-order valence-electron chi connectivity index (χ0n) is 8.52. The van der Waals surface area contributed by atoms with Crippen molar-refractivity contribution in [1.82, 2.24) is 4.98 Å². The first-order chi connectivity index (χ1) is 7.83.